The first kappa shape index (κ1) is 20.9. The van der Waals surface area contributed by atoms with Gasteiger partial charge in [0, 0.05) is 20.5 Å². The molecule has 5 atom stereocenters. The molecule has 0 aromatic rings. The molecule has 0 aromatic heterocycles. The van der Waals surface area contributed by atoms with Crippen molar-refractivity contribution in [1.82, 2.24) is 5.32 Å². The quantitative estimate of drug-likeness (QED) is 0.481. The van der Waals surface area contributed by atoms with Crippen LogP contribution in [0, 0.1) is 11.8 Å². The van der Waals surface area contributed by atoms with E-state index in [1.54, 1.807) is 0 Å². The zero-order chi connectivity index (χ0) is 18.1. The molecule has 1 rings (SSSR count). The predicted octanol–water partition coefficient (Wildman–Crippen LogP) is 1.20. The molecule has 1 aliphatic rings. The highest BCUT2D eigenvalue weighted by Gasteiger charge is 2.42. The van der Waals surface area contributed by atoms with Gasteiger partial charge in [0.25, 0.3) is 0 Å². The molecule has 7 heteroatoms. The van der Waals surface area contributed by atoms with E-state index in [0.29, 0.717) is 13.2 Å². The van der Waals surface area contributed by atoms with Gasteiger partial charge < -0.3 is 25.3 Å². The number of hydrogen-bond donors (Lipinski definition) is 2. The average molecular weight is 344 g/mol. The van der Waals surface area contributed by atoms with Crippen molar-refractivity contribution in [3.63, 3.8) is 0 Å². The molecule has 1 aliphatic heterocycles. The van der Waals surface area contributed by atoms with Gasteiger partial charge in [-0.05, 0) is 37.6 Å². The maximum Gasteiger partial charge on any atom is 0.302 e. The van der Waals surface area contributed by atoms with E-state index in [2.05, 4.69) is 12.2 Å². The lowest BCUT2D eigenvalue weighted by molar-refractivity contribution is -0.244. The van der Waals surface area contributed by atoms with Gasteiger partial charge in [0.15, 0.2) is 6.29 Å². The number of hydrogen-bond acceptors (Lipinski definition) is 6. The van der Waals surface area contributed by atoms with E-state index >= 15 is 0 Å². The Bertz CT molecular complexity index is 402. The van der Waals surface area contributed by atoms with E-state index in [0.717, 1.165) is 19.3 Å². The zero-order valence-electron chi connectivity index (χ0n) is 15.2. The minimum absolute atomic E-state index is 0.113. The molecule has 0 saturated carbocycles. The van der Waals surface area contributed by atoms with Crippen molar-refractivity contribution < 1.29 is 23.8 Å². The van der Waals surface area contributed by atoms with E-state index in [1.165, 1.54) is 13.8 Å². The van der Waals surface area contributed by atoms with Gasteiger partial charge in [-0.15, -0.1) is 0 Å². The molecule has 1 amide bonds. The van der Waals surface area contributed by atoms with Crippen molar-refractivity contribution in [2.75, 3.05) is 19.8 Å². The predicted molar refractivity (Wildman–Crippen MR) is 90.1 cm³/mol. The largest absolute Gasteiger partial charge is 0.463 e. The first-order valence-corrected chi connectivity index (χ1v) is 8.74. The Kier molecular flexibility index (Phi) is 9.25. The third-order valence-corrected chi connectivity index (χ3v) is 4.54. The molecule has 140 valence electrons. The number of unbranched alkanes of at least 4 members (excludes halogenated alkanes) is 2. The number of carbonyl (C=O) groups is 2. The van der Waals surface area contributed by atoms with Crippen LogP contribution in [-0.2, 0) is 23.8 Å². The molecular weight excluding hydrogens is 312 g/mol. The third kappa shape index (κ3) is 6.75. The Morgan fingerprint density at radius 3 is 2.42 bits per heavy atom. The number of ether oxygens (including phenoxy) is 3. The molecule has 0 aliphatic carbocycles. The zero-order valence-corrected chi connectivity index (χ0v) is 15.2. The van der Waals surface area contributed by atoms with Crippen LogP contribution in [0.4, 0.5) is 0 Å². The number of rotatable bonds is 9. The first-order chi connectivity index (χ1) is 11.4. The van der Waals surface area contributed by atoms with Gasteiger partial charge in [0.1, 0.15) is 6.61 Å². The van der Waals surface area contributed by atoms with Gasteiger partial charge in [-0.1, -0.05) is 13.8 Å². The second-order valence-electron chi connectivity index (χ2n) is 6.51. The minimum Gasteiger partial charge on any atom is -0.463 e. The summed E-state index contributed by atoms with van der Waals surface area (Å²) in [6.45, 7) is 8.36. The van der Waals surface area contributed by atoms with Crippen LogP contribution in [0.2, 0.25) is 0 Å². The fraction of sp³-hybridized carbons (Fsp3) is 0.882. The summed E-state index contributed by atoms with van der Waals surface area (Å²) in [6, 6.07) is -0.222. The Balaban J connectivity index is 2.67. The van der Waals surface area contributed by atoms with Crippen molar-refractivity contribution >= 4 is 11.9 Å². The van der Waals surface area contributed by atoms with Gasteiger partial charge in [-0.2, -0.15) is 0 Å². The maximum absolute atomic E-state index is 11.5. The van der Waals surface area contributed by atoms with Gasteiger partial charge in [0.2, 0.25) is 5.91 Å². The maximum atomic E-state index is 11.5. The normalized spacial score (nSPS) is 30.0. The average Bonchev–Trinajstić information content (AvgIpc) is 2.51. The number of nitrogens with two attached hydrogens (primary N) is 1. The molecule has 3 N–H and O–H groups in total. The fourth-order valence-electron chi connectivity index (χ4n) is 2.88. The summed E-state index contributed by atoms with van der Waals surface area (Å²) in [4.78, 5) is 22.6. The Morgan fingerprint density at radius 1 is 1.12 bits per heavy atom. The Morgan fingerprint density at radius 2 is 1.83 bits per heavy atom. The van der Waals surface area contributed by atoms with Gasteiger partial charge >= 0.3 is 5.97 Å². The molecule has 1 heterocycles. The molecule has 0 aromatic carbocycles. The summed E-state index contributed by atoms with van der Waals surface area (Å²) < 4.78 is 17.0. The molecule has 0 unspecified atom stereocenters. The van der Waals surface area contributed by atoms with Crippen LogP contribution >= 0.6 is 0 Å². The second kappa shape index (κ2) is 10.6. The lowest BCUT2D eigenvalue weighted by atomic mass is 9.82. The number of nitrogens with one attached hydrogen (secondary N) is 1. The molecule has 7 nitrogen and oxygen atoms in total. The SMILES string of the molecule is CC(=O)N[C@H]1[C@H](OCCCCCN)O[C@H](COC(C)=O)[C@H](C)[C@@H]1C. The summed E-state index contributed by atoms with van der Waals surface area (Å²) in [6.07, 6.45) is 2.06. The van der Waals surface area contributed by atoms with Crippen molar-refractivity contribution in [2.45, 2.75) is 65.4 Å². The summed E-state index contributed by atoms with van der Waals surface area (Å²) in [5.41, 5.74) is 5.49. The highest BCUT2D eigenvalue weighted by molar-refractivity contribution is 5.73. The fourth-order valence-corrected chi connectivity index (χ4v) is 2.88. The highest BCUT2D eigenvalue weighted by Crippen LogP contribution is 2.31. The van der Waals surface area contributed by atoms with Crippen LogP contribution in [-0.4, -0.2) is 50.1 Å². The van der Waals surface area contributed by atoms with Gasteiger partial charge in [-0.25, -0.2) is 0 Å². The summed E-state index contributed by atoms with van der Waals surface area (Å²) in [5.74, 6) is -0.185. The van der Waals surface area contributed by atoms with Crippen molar-refractivity contribution in [3.05, 3.63) is 0 Å². The first-order valence-electron chi connectivity index (χ1n) is 8.74. The molecular formula is C17H32N2O5. The standard InChI is InChI=1S/C17H32N2O5/c1-11-12(2)16(19-13(3)20)17(22-9-7-5-6-8-18)24-15(11)10-23-14(4)21/h11-12,15-17H,5-10,18H2,1-4H3,(H,19,20)/t11-,12+,15-,16-,17-/m1/s1. The highest BCUT2D eigenvalue weighted by atomic mass is 16.7. The Hall–Kier alpha value is -1.18. The molecule has 1 saturated heterocycles. The van der Waals surface area contributed by atoms with Crippen LogP contribution in [0.25, 0.3) is 0 Å². The van der Waals surface area contributed by atoms with Crippen molar-refractivity contribution in [3.8, 4) is 0 Å². The third-order valence-electron chi connectivity index (χ3n) is 4.54. The van der Waals surface area contributed by atoms with Crippen LogP contribution in [0.15, 0.2) is 0 Å². The summed E-state index contributed by atoms with van der Waals surface area (Å²) >= 11 is 0. The summed E-state index contributed by atoms with van der Waals surface area (Å²) in [7, 11) is 0. The van der Waals surface area contributed by atoms with E-state index < -0.39 is 6.29 Å². The van der Waals surface area contributed by atoms with Crippen molar-refractivity contribution in [1.29, 1.82) is 0 Å². The molecule has 0 spiro atoms. The molecule has 0 bridgehead atoms. The van der Waals surface area contributed by atoms with Crippen LogP contribution in [0.5, 0.6) is 0 Å². The minimum atomic E-state index is -0.543. The molecule has 1 fully saturated rings. The van der Waals surface area contributed by atoms with Gasteiger partial charge in [-0.3, -0.25) is 9.59 Å². The number of amides is 1. The van der Waals surface area contributed by atoms with E-state index in [1.807, 2.05) is 6.92 Å². The molecule has 0 radical (unpaired) electrons. The summed E-state index contributed by atoms with van der Waals surface area (Å²) in [5, 5.41) is 2.93. The van der Waals surface area contributed by atoms with E-state index in [9.17, 15) is 9.59 Å². The number of esters is 1. The Labute approximate surface area is 144 Å². The number of carbonyl (C=O) groups excluding carboxylic acids is 2. The lowest BCUT2D eigenvalue weighted by Gasteiger charge is -2.44. The van der Waals surface area contributed by atoms with Crippen molar-refractivity contribution in [2.24, 2.45) is 17.6 Å². The van der Waals surface area contributed by atoms with Crippen LogP contribution in [0.1, 0.15) is 47.0 Å². The topological polar surface area (TPSA) is 99.9 Å². The monoisotopic (exact) mass is 344 g/mol. The van der Waals surface area contributed by atoms with Crippen LogP contribution < -0.4 is 11.1 Å². The van der Waals surface area contributed by atoms with Crippen LogP contribution in [0.3, 0.4) is 0 Å². The van der Waals surface area contributed by atoms with Gasteiger partial charge in [0.05, 0.1) is 12.1 Å². The smallest absolute Gasteiger partial charge is 0.302 e. The van der Waals surface area contributed by atoms with E-state index in [4.69, 9.17) is 19.9 Å². The second-order valence-corrected chi connectivity index (χ2v) is 6.51. The molecule has 24 heavy (non-hydrogen) atoms. The lowest BCUT2D eigenvalue weighted by Crippen LogP contribution is -2.58. The van der Waals surface area contributed by atoms with E-state index in [-0.39, 0.29) is 42.5 Å².